The summed E-state index contributed by atoms with van der Waals surface area (Å²) in [5.74, 6) is -2.81. The van der Waals surface area contributed by atoms with Crippen molar-refractivity contribution >= 4 is 16.9 Å². The molecule has 0 unspecified atom stereocenters. The molecule has 0 saturated carbocycles. The molecule has 0 spiro atoms. The fraction of sp³-hybridized carbons (Fsp3) is 0.286. The highest BCUT2D eigenvalue weighted by Gasteiger charge is 2.48. The molecule has 2 heterocycles. The van der Waals surface area contributed by atoms with Crippen LogP contribution in [0.5, 0.6) is 0 Å². The zero-order valence-corrected chi connectivity index (χ0v) is 16.3. The van der Waals surface area contributed by atoms with Gasteiger partial charge >= 0.3 is 12.1 Å². The molecular formula is C21H17F3N2O4. The third-order valence-electron chi connectivity index (χ3n) is 5.05. The van der Waals surface area contributed by atoms with E-state index in [1.54, 1.807) is 6.07 Å². The SMILES string of the molecule is CCN1C(C)=C(C(=O)O)[C@H](c2cccc3c(=O)cc(C)oc23)C(C#N)=C1C(F)(F)F. The molecular weight excluding hydrogens is 401 g/mol. The number of allylic oxidation sites excluding steroid dienone is 3. The first-order valence-corrected chi connectivity index (χ1v) is 8.99. The predicted molar refractivity (Wildman–Crippen MR) is 101 cm³/mol. The molecule has 1 aromatic heterocycles. The normalized spacial score (nSPS) is 17.5. The van der Waals surface area contributed by atoms with E-state index in [0.717, 1.165) is 4.90 Å². The van der Waals surface area contributed by atoms with Crippen molar-refractivity contribution in [2.75, 3.05) is 6.54 Å². The number of para-hydroxylation sites is 1. The summed E-state index contributed by atoms with van der Waals surface area (Å²) >= 11 is 0. The minimum atomic E-state index is -4.90. The van der Waals surface area contributed by atoms with Gasteiger partial charge in [-0.3, -0.25) is 4.79 Å². The lowest BCUT2D eigenvalue weighted by Crippen LogP contribution is -2.38. The van der Waals surface area contributed by atoms with Crippen LogP contribution in [0.1, 0.15) is 31.1 Å². The summed E-state index contributed by atoms with van der Waals surface area (Å²) < 4.78 is 47.5. The molecule has 0 fully saturated rings. The van der Waals surface area contributed by atoms with Crippen LogP contribution in [0.2, 0.25) is 0 Å². The maximum Gasteiger partial charge on any atom is 0.432 e. The van der Waals surface area contributed by atoms with Crippen LogP contribution in [0.25, 0.3) is 11.0 Å². The summed E-state index contributed by atoms with van der Waals surface area (Å²) in [5, 5.41) is 19.6. The Bertz CT molecular complexity index is 1220. The van der Waals surface area contributed by atoms with Crippen LogP contribution in [0.4, 0.5) is 13.2 Å². The van der Waals surface area contributed by atoms with Crippen LogP contribution in [-0.4, -0.2) is 28.7 Å². The molecule has 0 bridgehead atoms. The number of aliphatic carboxylic acids is 1. The molecule has 0 radical (unpaired) electrons. The number of hydrogen-bond acceptors (Lipinski definition) is 5. The highest BCUT2D eigenvalue weighted by Crippen LogP contribution is 2.47. The summed E-state index contributed by atoms with van der Waals surface area (Å²) in [5.41, 5.74) is -2.93. The number of fused-ring (bicyclic) bond motifs is 1. The van der Waals surface area contributed by atoms with E-state index in [2.05, 4.69) is 0 Å². The Kier molecular flexibility index (Phi) is 5.20. The Balaban J connectivity index is 2.50. The minimum Gasteiger partial charge on any atom is -0.478 e. The van der Waals surface area contributed by atoms with Crippen LogP contribution in [0, 0.1) is 18.3 Å². The first-order chi connectivity index (χ1) is 14.0. The van der Waals surface area contributed by atoms with Gasteiger partial charge in [0.25, 0.3) is 0 Å². The number of carbonyl (C=O) groups is 1. The standard InChI is InChI=1S/C21H17F3N2O4/c1-4-26-11(3)16(20(28)29)17(14(9-25)19(26)21(22,23)24)13-7-5-6-12-15(27)8-10(2)30-18(12)13/h5-8,17H,4H2,1-3H3,(H,28,29)/t17-/m1/s1. The van der Waals surface area contributed by atoms with E-state index in [4.69, 9.17) is 4.42 Å². The Labute approximate surface area is 169 Å². The van der Waals surface area contributed by atoms with Crippen LogP contribution in [0.3, 0.4) is 0 Å². The second kappa shape index (κ2) is 7.37. The van der Waals surface area contributed by atoms with Gasteiger partial charge in [0, 0.05) is 23.9 Å². The average molecular weight is 418 g/mol. The third kappa shape index (κ3) is 3.24. The zero-order chi connectivity index (χ0) is 22.4. The lowest BCUT2D eigenvalue weighted by atomic mass is 9.79. The maximum absolute atomic E-state index is 14.0. The second-order valence-electron chi connectivity index (χ2n) is 6.80. The molecule has 2 aromatic rings. The van der Waals surface area contributed by atoms with Gasteiger partial charge in [0.15, 0.2) is 5.43 Å². The van der Waals surface area contributed by atoms with E-state index < -0.39 is 34.8 Å². The van der Waals surface area contributed by atoms with Gasteiger partial charge in [0.2, 0.25) is 0 Å². The Morgan fingerprint density at radius 1 is 1.33 bits per heavy atom. The molecule has 3 rings (SSSR count). The van der Waals surface area contributed by atoms with Gasteiger partial charge in [0.1, 0.15) is 17.0 Å². The topological polar surface area (TPSA) is 94.5 Å². The third-order valence-corrected chi connectivity index (χ3v) is 5.05. The monoisotopic (exact) mass is 418 g/mol. The number of hydrogen-bond donors (Lipinski definition) is 1. The van der Waals surface area contributed by atoms with Gasteiger partial charge in [-0.05, 0) is 26.8 Å². The molecule has 1 aliphatic heterocycles. The highest BCUT2D eigenvalue weighted by atomic mass is 19.4. The van der Waals surface area contributed by atoms with E-state index in [0.29, 0.717) is 0 Å². The summed E-state index contributed by atoms with van der Waals surface area (Å²) in [7, 11) is 0. The number of nitriles is 1. The van der Waals surface area contributed by atoms with E-state index >= 15 is 0 Å². The van der Waals surface area contributed by atoms with Crippen molar-refractivity contribution in [3.63, 3.8) is 0 Å². The fourth-order valence-corrected chi connectivity index (χ4v) is 3.90. The molecule has 1 atom stereocenters. The highest BCUT2D eigenvalue weighted by molar-refractivity contribution is 5.93. The van der Waals surface area contributed by atoms with Crippen LogP contribution in [0.15, 0.2) is 56.0 Å². The number of rotatable bonds is 3. The lowest BCUT2D eigenvalue weighted by Gasteiger charge is -2.37. The predicted octanol–water partition coefficient (Wildman–Crippen LogP) is 4.22. The van der Waals surface area contributed by atoms with Crippen molar-refractivity contribution < 1.29 is 27.5 Å². The Morgan fingerprint density at radius 3 is 2.53 bits per heavy atom. The molecule has 0 aliphatic carbocycles. The van der Waals surface area contributed by atoms with Gasteiger partial charge in [-0.2, -0.15) is 18.4 Å². The first kappa shape index (κ1) is 21.2. The van der Waals surface area contributed by atoms with Gasteiger partial charge in [-0.1, -0.05) is 12.1 Å². The molecule has 30 heavy (non-hydrogen) atoms. The van der Waals surface area contributed by atoms with Crippen LogP contribution in [-0.2, 0) is 4.79 Å². The fourth-order valence-electron chi connectivity index (χ4n) is 3.90. The van der Waals surface area contributed by atoms with Crippen molar-refractivity contribution in [1.29, 1.82) is 5.26 Å². The number of alkyl halides is 3. The number of carboxylic acids is 1. The smallest absolute Gasteiger partial charge is 0.432 e. The van der Waals surface area contributed by atoms with Gasteiger partial charge in [-0.25, -0.2) is 4.79 Å². The van der Waals surface area contributed by atoms with Crippen LogP contribution >= 0.6 is 0 Å². The first-order valence-electron chi connectivity index (χ1n) is 8.99. The summed E-state index contributed by atoms with van der Waals surface area (Å²) in [6.07, 6.45) is -4.90. The summed E-state index contributed by atoms with van der Waals surface area (Å²) in [4.78, 5) is 25.2. The molecule has 6 nitrogen and oxygen atoms in total. The molecule has 156 valence electrons. The molecule has 0 amide bonds. The maximum atomic E-state index is 14.0. The zero-order valence-electron chi connectivity index (χ0n) is 16.3. The van der Waals surface area contributed by atoms with E-state index in [1.807, 2.05) is 0 Å². The van der Waals surface area contributed by atoms with Crippen molar-refractivity contribution in [3.05, 3.63) is 68.4 Å². The Hall–Kier alpha value is -3.54. The van der Waals surface area contributed by atoms with Crippen molar-refractivity contribution in [3.8, 4) is 6.07 Å². The van der Waals surface area contributed by atoms with Gasteiger partial charge < -0.3 is 14.4 Å². The van der Waals surface area contributed by atoms with Crippen molar-refractivity contribution in [2.45, 2.75) is 32.9 Å². The van der Waals surface area contributed by atoms with Gasteiger partial charge in [-0.15, -0.1) is 0 Å². The molecule has 1 N–H and O–H groups in total. The number of aryl methyl sites for hydroxylation is 1. The molecule has 0 saturated heterocycles. The Morgan fingerprint density at radius 2 is 2.00 bits per heavy atom. The second-order valence-corrected chi connectivity index (χ2v) is 6.80. The number of nitrogens with zero attached hydrogens (tertiary/aromatic N) is 2. The van der Waals surface area contributed by atoms with E-state index in [9.17, 15) is 33.1 Å². The van der Waals surface area contributed by atoms with E-state index in [1.165, 1.54) is 45.0 Å². The average Bonchev–Trinajstić information content (AvgIpc) is 2.65. The van der Waals surface area contributed by atoms with Crippen molar-refractivity contribution in [2.24, 2.45) is 0 Å². The van der Waals surface area contributed by atoms with E-state index in [-0.39, 0.29) is 40.1 Å². The quantitative estimate of drug-likeness (QED) is 0.802. The van der Waals surface area contributed by atoms with Gasteiger partial charge in [0.05, 0.1) is 28.5 Å². The summed E-state index contributed by atoms with van der Waals surface area (Å²) in [6.45, 7) is 4.02. The lowest BCUT2D eigenvalue weighted by molar-refractivity contribution is -0.133. The molecule has 1 aromatic carbocycles. The van der Waals surface area contributed by atoms with Crippen molar-refractivity contribution in [1.82, 2.24) is 4.90 Å². The molecule has 1 aliphatic rings. The number of benzene rings is 1. The van der Waals surface area contributed by atoms with Crippen LogP contribution < -0.4 is 5.43 Å². The number of halogens is 3. The largest absolute Gasteiger partial charge is 0.478 e. The molecule has 9 heteroatoms. The summed E-state index contributed by atoms with van der Waals surface area (Å²) in [6, 6.07) is 7.03. The number of carboxylic acid groups (broad SMARTS) is 1. The minimum absolute atomic E-state index is 0.0131.